The van der Waals surface area contributed by atoms with Gasteiger partial charge in [0.25, 0.3) is 5.91 Å². The molecule has 1 fully saturated rings. The van der Waals surface area contributed by atoms with Gasteiger partial charge in [-0.3, -0.25) is 4.79 Å². The summed E-state index contributed by atoms with van der Waals surface area (Å²) in [4.78, 5) is 24.5. The Morgan fingerprint density at radius 1 is 1.45 bits per heavy atom. The molecule has 108 valence electrons. The molecule has 20 heavy (non-hydrogen) atoms. The molecule has 1 aliphatic heterocycles. The Balaban J connectivity index is 2.51. The van der Waals surface area contributed by atoms with Gasteiger partial charge in [0.2, 0.25) is 0 Å². The second kappa shape index (κ2) is 5.48. The molecular weight excluding hydrogens is 263 g/mol. The molecule has 3 N–H and O–H groups in total. The first kappa shape index (κ1) is 14.3. The van der Waals surface area contributed by atoms with Crippen molar-refractivity contribution in [1.82, 2.24) is 0 Å². The van der Waals surface area contributed by atoms with Gasteiger partial charge in [-0.1, -0.05) is 13.0 Å². The topological polar surface area (TPSA) is 83.6 Å². The molecule has 6 heteroatoms. The Bertz CT molecular complexity index is 547. The van der Waals surface area contributed by atoms with Gasteiger partial charge in [-0.05, 0) is 30.9 Å². The Morgan fingerprint density at radius 3 is 2.75 bits per heavy atom. The van der Waals surface area contributed by atoms with Crippen molar-refractivity contribution < 1.29 is 19.1 Å². The van der Waals surface area contributed by atoms with Crippen molar-refractivity contribution in [3.05, 3.63) is 29.6 Å². The lowest BCUT2D eigenvalue weighted by atomic mass is 9.89. The van der Waals surface area contributed by atoms with E-state index in [0.717, 1.165) is 18.9 Å². The zero-order valence-corrected chi connectivity index (χ0v) is 11.2. The molecule has 1 aromatic rings. The van der Waals surface area contributed by atoms with E-state index < -0.39 is 23.7 Å². The van der Waals surface area contributed by atoms with Gasteiger partial charge in [0, 0.05) is 6.54 Å². The van der Waals surface area contributed by atoms with Crippen LogP contribution in [-0.4, -0.2) is 29.6 Å². The summed E-state index contributed by atoms with van der Waals surface area (Å²) in [6.45, 7) is 2.30. The molecule has 0 aliphatic carbocycles. The highest BCUT2D eigenvalue weighted by Gasteiger charge is 2.36. The van der Waals surface area contributed by atoms with Crippen molar-refractivity contribution >= 4 is 17.6 Å². The number of hydrogen-bond acceptors (Lipinski definition) is 3. The number of carboxylic acids is 1. The number of rotatable bonds is 3. The SMILES string of the molecule is CC1CCCN(c2cccc(F)c2C(N)=O)C1C(=O)O. The van der Waals surface area contributed by atoms with Crippen LogP contribution < -0.4 is 10.6 Å². The molecule has 1 aliphatic rings. The quantitative estimate of drug-likeness (QED) is 0.881. The van der Waals surface area contributed by atoms with Gasteiger partial charge >= 0.3 is 5.97 Å². The van der Waals surface area contributed by atoms with E-state index in [9.17, 15) is 19.1 Å². The minimum Gasteiger partial charge on any atom is -0.480 e. The summed E-state index contributed by atoms with van der Waals surface area (Å²) in [7, 11) is 0. The average molecular weight is 280 g/mol. The van der Waals surface area contributed by atoms with Crippen molar-refractivity contribution in [2.24, 2.45) is 11.7 Å². The number of anilines is 1. The van der Waals surface area contributed by atoms with Gasteiger partial charge in [-0.25, -0.2) is 9.18 Å². The summed E-state index contributed by atoms with van der Waals surface area (Å²) >= 11 is 0. The summed E-state index contributed by atoms with van der Waals surface area (Å²) in [5.41, 5.74) is 5.24. The van der Waals surface area contributed by atoms with Crippen LogP contribution in [0.2, 0.25) is 0 Å². The van der Waals surface area contributed by atoms with Crippen LogP contribution in [0.4, 0.5) is 10.1 Å². The molecule has 2 rings (SSSR count). The Kier molecular flexibility index (Phi) is 3.92. The van der Waals surface area contributed by atoms with E-state index in [2.05, 4.69) is 0 Å². The number of carbonyl (C=O) groups is 2. The fourth-order valence-corrected chi connectivity index (χ4v) is 2.83. The standard InChI is InChI=1S/C14H17FN2O3/c1-8-4-3-7-17(12(8)14(19)20)10-6-2-5-9(15)11(10)13(16)18/h2,5-6,8,12H,3-4,7H2,1H3,(H2,16,18)(H,19,20). The lowest BCUT2D eigenvalue weighted by Crippen LogP contribution is -2.50. The summed E-state index contributed by atoms with van der Waals surface area (Å²) in [6, 6.07) is 3.36. The van der Waals surface area contributed by atoms with Crippen LogP contribution in [0.15, 0.2) is 18.2 Å². The zero-order valence-electron chi connectivity index (χ0n) is 11.2. The Morgan fingerprint density at radius 2 is 2.15 bits per heavy atom. The van der Waals surface area contributed by atoms with Crippen LogP contribution >= 0.6 is 0 Å². The molecule has 0 radical (unpaired) electrons. The van der Waals surface area contributed by atoms with E-state index in [1.165, 1.54) is 12.1 Å². The number of carboxylic acid groups (broad SMARTS) is 1. The number of carbonyl (C=O) groups excluding carboxylic acids is 1. The molecular formula is C14H17FN2O3. The third kappa shape index (κ3) is 2.45. The fourth-order valence-electron chi connectivity index (χ4n) is 2.83. The van der Waals surface area contributed by atoms with E-state index in [1.807, 2.05) is 6.92 Å². The predicted octanol–water partition coefficient (Wildman–Crippen LogP) is 1.61. The van der Waals surface area contributed by atoms with Crippen LogP contribution in [0, 0.1) is 11.7 Å². The van der Waals surface area contributed by atoms with Crippen LogP contribution in [0.3, 0.4) is 0 Å². The first-order valence-electron chi connectivity index (χ1n) is 6.51. The van der Waals surface area contributed by atoms with E-state index in [0.29, 0.717) is 6.54 Å². The maximum absolute atomic E-state index is 13.8. The highest BCUT2D eigenvalue weighted by Crippen LogP contribution is 2.32. The Labute approximate surface area is 116 Å². The summed E-state index contributed by atoms with van der Waals surface area (Å²) in [6.07, 6.45) is 1.58. The van der Waals surface area contributed by atoms with Gasteiger partial charge < -0.3 is 15.7 Å². The van der Waals surface area contributed by atoms with Gasteiger partial charge in [0.1, 0.15) is 11.9 Å². The molecule has 2 atom stereocenters. The maximum atomic E-state index is 13.8. The molecule has 1 heterocycles. The van der Waals surface area contributed by atoms with Crippen molar-refractivity contribution in [2.45, 2.75) is 25.8 Å². The van der Waals surface area contributed by atoms with Crippen LogP contribution in [0.1, 0.15) is 30.1 Å². The first-order chi connectivity index (χ1) is 9.43. The normalized spacial score (nSPS) is 22.6. The largest absolute Gasteiger partial charge is 0.480 e. The number of amides is 1. The smallest absolute Gasteiger partial charge is 0.326 e. The first-order valence-corrected chi connectivity index (χ1v) is 6.51. The van der Waals surface area contributed by atoms with Gasteiger partial charge in [-0.15, -0.1) is 0 Å². The number of nitrogens with two attached hydrogens (primary N) is 1. The Hall–Kier alpha value is -2.11. The molecule has 0 bridgehead atoms. The van der Waals surface area contributed by atoms with Crippen molar-refractivity contribution in [2.75, 3.05) is 11.4 Å². The number of piperidine rings is 1. The molecule has 1 amide bonds. The van der Waals surface area contributed by atoms with E-state index >= 15 is 0 Å². The van der Waals surface area contributed by atoms with Gasteiger partial charge in [0.05, 0.1) is 11.3 Å². The zero-order chi connectivity index (χ0) is 14.9. The number of hydrogen-bond donors (Lipinski definition) is 2. The van der Waals surface area contributed by atoms with Crippen molar-refractivity contribution in [3.8, 4) is 0 Å². The summed E-state index contributed by atoms with van der Waals surface area (Å²) in [5.74, 6) is -2.67. The van der Waals surface area contributed by atoms with E-state index in [-0.39, 0.29) is 17.2 Å². The van der Waals surface area contributed by atoms with Crippen LogP contribution in [0.5, 0.6) is 0 Å². The number of halogens is 1. The van der Waals surface area contributed by atoms with E-state index in [4.69, 9.17) is 5.73 Å². The molecule has 1 saturated heterocycles. The maximum Gasteiger partial charge on any atom is 0.326 e. The third-order valence-corrected chi connectivity index (χ3v) is 3.73. The van der Waals surface area contributed by atoms with Crippen LogP contribution in [-0.2, 0) is 4.79 Å². The third-order valence-electron chi connectivity index (χ3n) is 3.73. The monoisotopic (exact) mass is 280 g/mol. The second-order valence-corrected chi connectivity index (χ2v) is 5.09. The summed E-state index contributed by atoms with van der Waals surface area (Å²) < 4.78 is 13.8. The average Bonchev–Trinajstić information content (AvgIpc) is 2.37. The highest BCUT2D eigenvalue weighted by atomic mass is 19.1. The lowest BCUT2D eigenvalue weighted by molar-refractivity contribution is -0.140. The number of nitrogens with zero attached hydrogens (tertiary/aromatic N) is 1. The second-order valence-electron chi connectivity index (χ2n) is 5.09. The van der Waals surface area contributed by atoms with Crippen molar-refractivity contribution in [1.29, 1.82) is 0 Å². The number of aliphatic carboxylic acids is 1. The number of benzene rings is 1. The van der Waals surface area contributed by atoms with Crippen LogP contribution in [0.25, 0.3) is 0 Å². The minimum absolute atomic E-state index is 0.0785. The molecule has 2 unspecified atom stereocenters. The van der Waals surface area contributed by atoms with E-state index in [1.54, 1.807) is 4.90 Å². The summed E-state index contributed by atoms with van der Waals surface area (Å²) in [5, 5.41) is 9.39. The molecule has 5 nitrogen and oxygen atoms in total. The molecule has 0 saturated carbocycles. The lowest BCUT2D eigenvalue weighted by Gasteiger charge is -2.39. The van der Waals surface area contributed by atoms with Gasteiger partial charge in [0.15, 0.2) is 0 Å². The van der Waals surface area contributed by atoms with Gasteiger partial charge in [-0.2, -0.15) is 0 Å². The predicted molar refractivity (Wildman–Crippen MR) is 72.1 cm³/mol. The molecule has 1 aromatic carbocycles. The number of primary amides is 1. The van der Waals surface area contributed by atoms with Crippen molar-refractivity contribution in [3.63, 3.8) is 0 Å². The highest BCUT2D eigenvalue weighted by molar-refractivity contribution is 5.99. The fraction of sp³-hybridized carbons (Fsp3) is 0.429. The molecule has 0 aromatic heterocycles. The molecule has 0 spiro atoms. The minimum atomic E-state index is -0.975.